The Morgan fingerprint density at radius 1 is 1.09 bits per heavy atom. The SMILES string of the molecule is CC(C)(C)O/C=C/[Si](C)(C)C. The second-order valence-corrected chi connectivity index (χ2v) is 9.96. The molecular formula is C9H20OSi. The van der Waals surface area contributed by atoms with Crippen LogP contribution >= 0.6 is 0 Å². The van der Waals surface area contributed by atoms with Crippen LogP contribution in [0, 0.1) is 0 Å². The van der Waals surface area contributed by atoms with Crippen molar-refractivity contribution in [2.75, 3.05) is 0 Å². The minimum absolute atomic E-state index is 0.0455. The van der Waals surface area contributed by atoms with Gasteiger partial charge in [-0.25, -0.2) is 0 Å². The van der Waals surface area contributed by atoms with Crippen LogP contribution in [-0.4, -0.2) is 13.7 Å². The highest BCUT2D eigenvalue weighted by atomic mass is 28.3. The molecule has 66 valence electrons. The topological polar surface area (TPSA) is 9.23 Å². The summed E-state index contributed by atoms with van der Waals surface area (Å²) in [4.78, 5) is 0. The van der Waals surface area contributed by atoms with E-state index in [2.05, 4.69) is 46.1 Å². The van der Waals surface area contributed by atoms with Crippen molar-refractivity contribution in [1.29, 1.82) is 0 Å². The molecule has 1 nitrogen and oxygen atoms in total. The molecular weight excluding hydrogens is 152 g/mol. The lowest BCUT2D eigenvalue weighted by Gasteiger charge is -2.19. The Morgan fingerprint density at radius 3 is 1.82 bits per heavy atom. The quantitative estimate of drug-likeness (QED) is 0.459. The zero-order chi connectivity index (χ0) is 9.12. The van der Waals surface area contributed by atoms with E-state index < -0.39 is 8.07 Å². The fourth-order valence-electron chi connectivity index (χ4n) is 0.442. The number of hydrogen-bond acceptors (Lipinski definition) is 1. The molecule has 0 amide bonds. The first-order valence-corrected chi connectivity index (χ1v) is 7.64. The summed E-state index contributed by atoms with van der Waals surface area (Å²) in [5.74, 6) is 0. The van der Waals surface area contributed by atoms with Gasteiger partial charge in [-0.3, -0.25) is 0 Å². The van der Waals surface area contributed by atoms with Gasteiger partial charge in [0.15, 0.2) is 0 Å². The second-order valence-electron chi connectivity index (χ2n) is 4.90. The lowest BCUT2D eigenvalue weighted by atomic mass is 10.2. The number of rotatable bonds is 2. The summed E-state index contributed by atoms with van der Waals surface area (Å²) in [5.41, 5.74) is 2.16. The van der Waals surface area contributed by atoms with Gasteiger partial charge >= 0.3 is 0 Å². The van der Waals surface area contributed by atoms with Crippen LogP contribution in [-0.2, 0) is 4.74 Å². The van der Waals surface area contributed by atoms with Crippen LogP contribution in [0.2, 0.25) is 19.6 Å². The molecule has 0 aromatic carbocycles. The monoisotopic (exact) mass is 172 g/mol. The highest BCUT2D eigenvalue weighted by Crippen LogP contribution is 2.09. The molecule has 0 aromatic rings. The van der Waals surface area contributed by atoms with Crippen LogP contribution in [0.25, 0.3) is 0 Å². The highest BCUT2D eigenvalue weighted by Gasteiger charge is 2.10. The minimum atomic E-state index is -1.06. The van der Waals surface area contributed by atoms with Gasteiger partial charge in [0.1, 0.15) is 0 Å². The molecule has 0 aromatic heterocycles. The molecule has 0 rings (SSSR count). The van der Waals surface area contributed by atoms with Crippen LogP contribution in [0.15, 0.2) is 12.0 Å². The van der Waals surface area contributed by atoms with Crippen LogP contribution in [0.3, 0.4) is 0 Å². The molecule has 0 spiro atoms. The normalized spacial score (nSPS) is 14.0. The highest BCUT2D eigenvalue weighted by molar-refractivity contribution is 6.80. The van der Waals surface area contributed by atoms with Crippen molar-refractivity contribution in [2.45, 2.75) is 46.0 Å². The first-order valence-electron chi connectivity index (χ1n) is 4.06. The molecule has 0 radical (unpaired) electrons. The van der Waals surface area contributed by atoms with Crippen molar-refractivity contribution in [3.05, 3.63) is 12.0 Å². The van der Waals surface area contributed by atoms with Gasteiger partial charge in [0.05, 0.1) is 19.9 Å². The van der Waals surface area contributed by atoms with E-state index in [4.69, 9.17) is 4.74 Å². The maximum absolute atomic E-state index is 5.46. The van der Waals surface area contributed by atoms with Crippen molar-refractivity contribution in [3.8, 4) is 0 Å². The molecule has 0 saturated heterocycles. The van der Waals surface area contributed by atoms with E-state index >= 15 is 0 Å². The lowest BCUT2D eigenvalue weighted by Crippen LogP contribution is -2.19. The van der Waals surface area contributed by atoms with E-state index in [9.17, 15) is 0 Å². The largest absolute Gasteiger partial charge is 0.496 e. The van der Waals surface area contributed by atoms with Crippen LogP contribution in [0.5, 0.6) is 0 Å². The fourth-order valence-corrected chi connectivity index (χ4v) is 0.919. The summed E-state index contributed by atoms with van der Waals surface area (Å²) in [6.45, 7) is 13.0. The third-order valence-electron chi connectivity index (χ3n) is 0.990. The Morgan fingerprint density at radius 2 is 1.55 bits per heavy atom. The molecule has 0 bridgehead atoms. The zero-order valence-corrected chi connectivity index (χ0v) is 9.56. The predicted octanol–water partition coefficient (Wildman–Crippen LogP) is 3.19. The van der Waals surface area contributed by atoms with Crippen LogP contribution in [0.1, 0.15) is 20.8 Å². The summed E-state index contributed by atoms with van der Waals surface area (Å²) in [6.07, 6.45) is 1.85. The van der Waals surface area contributed by atoms with Crippen LogP contribution < -0.4 is 0 Å². The molecule has 0 N–H and O–H groups in total. The van der Waals surface area contributed by atoms with Gasteiger partial charge in [-0.05, 0) is 20.8 Å². The van der Waals surface area contributed by atoms with E-state index in [1.54, 1.807) is 0 Å². The molecule has 0 aliphatic rings. The van der Waals surface area contributed by atoms with E-state index in [0.717, 1.165) is 0 Å². The Kier molecular flexibility index (Phi) is 3.36. The molecule has 0 heterocycles. The number of ether oxygens (including phenoxy) is 1. The van der Waals surface area contributed by atoms with Gasteiger partial charge < -0.3 is 4.74 Å². The van der Waals surface area contributed by atoms with Crippen molar-refractivity contribution < 1.29 is 4.74 Å². The van der Waals surface area contributed by atoms with E-state index in [1.165, 1.54) is 0 Å². The molecule has 0 aliphatic heterocycles. The Bertz CT molecular complexity index is 137. The van der Waals surface area contributed by atoms with E-state index in [0.29, 0.717) is 0 Å². The maximum atomic E-state index is 5.46. The van der Waals surface area contributed by atoms with E-state index in [-0.39, 0.29) is 5.60 Å². The smallest absolute Gasteiger partial charge is 0.0997 e. The summed E-state index contributed by atoms with van der Waals surface area (Å²) in [5, 5.41) is 0. The molecule has 0 unspecified atom stereocenters. The number of hydrogen-bond donors (Lipinski definition) is 0. The first-order chi connectivity index (χ1) is 4.71. The van der Waals surface area contributed by atoms with Crippen molar-refractivity contribution >= 4 is 8.07 Å². The standard InChI is InChI=1S/C9H20OSi/c1-9(2,3)10-7-8-11(4,5)6/h7-8H,1-6H3/b8-7+. The molecule has 11 heavy (non-hydrogen) atoms. The van der Waals surface area contributed by atoms with Gasteiger partial charge in [0, 0.05) is 0 Å². The summed E-state index contributed by atoms with van der Waals surface area (Å²) in [7, 11) is -1.06. The van der Waals surface area contributed by atoms with Gasteiger partial charge in [-0.2, -0.15) is 0 Å². The Balaban J connectivity index is 3.80. The zero-order valence-electron chi connectivity index (χ0n) is 8.56. The Hall–Kier alpha value is -0.243. The fraction of sp³-hybridized carbons (Fsp3) is 0.778. The lowest BCUT2D eigenvalue weighted by molar-refractivity contribution is 0.0770. The maximum Gasteiger partial charge on any atom is 0.0997 e. The average Bonchev–Trinajstić information content (AvgIpc) is 1.55. The molecule has 0 saturated carbocycles. The van der Waals surface area contributed by atoms with Crippen molar-refractivity contribution in [1.82, 2.24) is 0 Å². The summed E-state index contributed by atoms with van der Waals surface area (Å²) in [6, 6.07) is 0. The van der Waals surface area contributed by atoms with Gasteiger partial charge in [-0.15, -0.1) is 0 Å². The second kappa shape index (κ2) is 3.44. The summed E-state index contributed by atoms with van der Waals surface area (Å²) < 4.78 is 5.46. The Labute approximate surface area is 71.5 Å². The van der Waals surface area contributed by atoms with E-state index in [1.807, 2.05) is 6.26 Å². The molecule has 0 aliphatic carbocycles. The van der Waals surface area contributed by atoms with Gasteiger partial charge in [0.25, 0.3) is 0 Å². The first kappa shape index (κ1) is 10.8. The van der Waals surface area contributed by atoms with Crippen molar-refractivity contribution in [2.24, 2.45) is 0 Å². The minimum Gasteiger partial charge on any atom is -0.496 e. The predicted molar refractivity (Wildman–Crippen MR) is 53.3 cm³/mol. The average molecular weight is 172 g/mol. The van der Waals surface area contributed by atoms with Crippen LogP contribution in [0.4, 0.5) is 0 Å². The molecule has 0 atom stereocenters. The third-order valence-corrected chi connectivity index (χ3v) is 2.13. The third kappa shape index (κ3) is 9.76. The summed E-state index contributed by atoms with van der Waals surface area (Å²) >= 11 is 0. The van der Waals surface area contributed by atoms with Crippen molar-refractivity contribution in [3.63, 3.8) is 0 Å². The van der Waals surface area contributed by atoms with Gasteiger partial charge in [0.2, 0.25) is 0 Å². The molecule has 2 heteroatoms. The van der Waals surface area contributed by atoms with Gasteiger partial charge in [-0.1, -0.05) is 25.3 Å². The molecule has 0 fully saturated rings.